The Kier molecular flexibility index (Phi) is 7.63. The number of carbonyl (C=O) groups excluding carboxylic acids is 1. The van der Waals surface area contributed by atoms with E-state index < -0.39 is 11.7 Å². The fraction of sp³-hybridized carbons (Fsp3) is 0.276. The second-order valence-electron chi connectivity index (χ2n) is 9.00. The van der Waals surface area contributed by atoms with E-state index in [1.165, 1.54) is 12.1 Å². The molecule has 1 amide bonds. The van der Waals surface area contributed by atoms with Gasteiger partial charge in [-0.25, -0.2) is 4.39 Å². The molecule has 0 aromatic heterocycles. The maximum atomic E-state index is 14.3. The number of nitriles is 2. The minimum atomic E-state index is -0.700. The number of anilines is 1. The van der Waals surface area contributed by atoms with Crippen molar-refractivity contribution in [2.24, 2.45) is 0 Å². The molecule has 3 aromatic rings. The van der Waals surface area contributed by atoms with E-state index >= 15 is 0 Å². The Labute approximate surface area is 211 Å². The lowest BCUT2D eigenvalue weighted by Gasteiger charge is -2.29. The summed E-state index contributed by atoms with van der Waals surface area (Å²) in [5.74, 6) is -1.18. The van der Waals surface area contributed by atoms with Gasteiger partial charge in [0.25, 0.3) is 5.91 Å². The molecule has 0 spiro atoms. The number of hydrogen-bond acceptors (Lipinski definition) is 5. The Morgan fingerprint density at radius 2 is 1.67 bits per heavy atom. The summed E-state index contributed by atoms with van der Waals surface area (Å²) in [4.78, 5) is 17.2. The average Bonchev–Trinajstić information content (AvgIpc) is 3.36. The highest BCUT2D eigenvalue weighted by molar-refractivity contribution is 5.94. The number of carbonyl (C=O) groups is 1. The molecule has 0 saturated carbocycles. The van der Waals surface area contributed by atoms with E-state index in [1.807, 2.05) is 30.3 Å². The van der Waals surface area contributed by atoms with Crippen LogP contribution >= 0.6 is 0 Å². The zero-order chi connectivity index (χ0) is 25.7. The monoisotopic (exact) mass is 481 g/mol. The summed E-state index contributed by atoms with van der Waals surface area (Å²) >= 11 is 0. The highest BCUT2D eigenvalue weighted by atomic mass is 19.1. The van der Waals surface area contributed by atoms with Crippen molar-refractivity contribution in [1.29, 1.82) is 10.5 Å². The Balaban J connectivity index is 1.55. The summed E-state index contributed by atoms with van der Waals surface area (Å²) in [6.45, 7) is 4.37. The van der Waals surface area contributed by atoms with Gasteiger partial charge in [0.15, 0.2) is 0 Å². The van der Waals surface area contributed by atoms with Crippen molar-refractivity contribution in [2.75, 3.05) is 31.6 Å². The van der Waals surface area contributed by atoms with Crippen LogP contribution in [0.5, 0.6) is 0 Å². The molecule has 1 heterocycles. The number of nitrogens with zero attached hydrogens (tertiary/aromatic N) is 4. The molecule has 7 heteroatoms. The van der Waals surface area contributed by atoms with Crippen LogP contribution in [0.1, 0.15) is 52.0 Å². The summed E-state index contributed by atoms with van der Waals surface area (Å²) in [5.41, 5.74) is 4.04. The van der Waals surface area contributed by atoms with Crippen LogP contribution in [0.15, 0.2) is 66.7 Å². The summed E-state index contributed by atoms with van der Waals surface area (Å²) in [5, 5.41) is 21.1. The highest BCUT2D eigenvalue weighted by Crippen LogP contribution is 2.33. The Morgan fingerprint density at radius 1 is 1.06 bits per heavy atom. The van der Waals surface area contributed by atoms with E-state index in [0.29, 0.717) is 12.1 Å². The summed E-state index contributed by atoms with van der Waals surface area (Å²) < 4.78 is 14.3. The molecule has 3 aromatic carbocycles. The van der Waals surface area contributed by atoms with Gasteiger partial charge in [-0.05, 0) is 66.9 Å². The van der Waals surface area contributed by atoms with E-state index in [4.69, 9.17) is 5.26 Å². The number of amides is 1. The Bertz CT molecular complexity index is 1310. The molecular weight excluding hydrogens is 453 g/mol. The van der Waals surface area contributed by atoms with Crippen molar-refractivity contribution >= 4 is 11.6 Å². The van der Waals surface area contributed by atoms with Gasteiger partial charge in [-0.2, -0.15) is 10.5 Å². The lowest BCUT2D eigenvalue weighted by atomic mass is 9.96. The SMILES string of the molecule is CCN(C)c1ccc([C@@H](c2ccc(C#N)cc2)N2CCC(NC(=O)c3ccc(C#N)cc3F)C2)cc1. The molecule has 6 nitrogen and oxygen atoms in total. The van der Waals surface area contributed by atoms with E-state index in [2.05, 4.69) is 59.4 Å². The molecule has 1 fully saturated rings. The topological polar surface area (TPSA) is 83.2 Å². The van der Waals surface area contributed by atoms with E-state index in [1.54, 1.807) is 0 Å². The van der Waals surface area contributed by atoms with Gasteiger partial charge in [0.1, 0.15) is 5.82 Å². The first-order valence-electron chi connectivity index (χ1n) is 12.0. The predicted octanol–water partition coefficient (Wildman–Crippen LogP) is 4.62. The maximum Gasteiger partial charge on any atom is 0.254 e. The third kappa shape index (κ3) is 5.38. The van der Waals surface area contributed by atoms with Gasteiger partial charge in [-0.15, -0.1) is 0 Å². The molecule has 0 aliphatic carbocycles. The van der Waals surface area contributed by atoms with Gasteiger partial charge in [-0.3, -0.25) is 9.69 Å². The molecule has 1 aliphatic heterocycles. The first-order chi connectivity index (χ1) is 17.4. The minimum Gasteiger partial charge on any atom is -0.375 e. The first-order valence-corrected chi connectivity index (χ1v) is 12.0. The van der Waals surface area contributed by atoms with Crippen molar-refractivity contribution in [3.63, 3.8) is 0 Å². The molecule has 182 valence electrons. The number of halogens is 1. The number of hydrogen-bond donors (Lipinski definition) is 1. The van der Waals surface area contributed by atoms with Crippen LogP contribution < -0.4 is 10.2 Å². The molecule has 1 aliphatic rings. The minimum absolute atomic E-state index is 0.0488. The number of benzene rings is 3. The van der Waals surface area contributed by atoms with Crippen LogP contribution in [0.2, 0.25) is 0 Å². The highest BCUT2D eigenvalue weighted by Gasteiger charge is 2.31. The summed E-state index contributed by atoms with van der Waals surface area (Å²) in [7, 11) is 2.05. The summed E-state index contributed by atoms with van der Waals surface area (Å²) in [6.07, 6.45) is 0.729. The predicted molar refractivity (Wildman–Crippen MR) is 137 cm³/mol. The van der Waals surface area contributed by atoms with Gasteiger partial charge < -0.3 is 10.2 Å². The lowest BCUT2D eigenvalue weighted by molar-refractivity contribution is 0.0933. The quantitative estimate of drug-likeness (QED) is 0.533. The van der Waals surface area contributed by atoms with Crippen molar-refractivity contribution < 1.29 is 9.18 Å². The number of likely N-dealkylation sites (tertiary alicyclic amines) is 1. The van der Waals surface area contributed by atoms with Crippen molar-refractivity contribution in [2.45, 2.75) is 25.4 Å². The molecule has 0 bridgehead atoms. The van der Waals surface area contributed by atoms with Gasteiger partial charge >= 0.3 is 0 Å². The fourth-order valence-electron chi connectivity index (χ4n) is 4.62. The molecule has 4 rings (SSSR count). The van der Waals surface area contributed by atoms with Crippen LogP contribution in [-0.4, -0.2) is 43.5 Å². The van der Waals surface area contributed by atoms with Crippen LogP contribution in [-0.2, 0) is 0 Å². The normalized spacial score (nSPS) is 16.1. The fourth-order valence-corrected chi connectivity index (χ4v) is 4.62. The zero-order valence-electron chi connectivity index (χ0n) is 20.4. The van der Waals surface area contributed by atoms with Crippen LogP contribution in [0.4, 0.5) is 10.1 Å². The smallest absolute Gasteiger partial charge is 0.254 e. The van der Waals surface area contributed by atoms with Crippen molar-refractivity contribution in [3.8, 4) is 12.1 Å². The van der Waals surface area contributed by atoms with Gasteiger partial charge in [0.2, 0.25) is 0 Å². The van der Waals surface area contributed by atoms with Crippen LogP contribution in [0.25, 0.3) is 0 Å². The van der Waals surface area contributed by atoms with Crippen LogP contribution in [0.3, 0.4) is 0 Å². The number of nitrogens with one attached hydrogen (secondary N) is 1. The third-order valence-corrected chi connectivity index (χ3v) is 6.74. The van der Waals surface area contributed by atoms with Crippen molar-refractivity contribution in [1.82, 2.24) is 10.2 Å². The largest absolute Gasteiger partial charge is 0.375 e. The third-order valence-electron chi connectivity index (χ3n) is 6.74. The summed E-state index contributed by atoms with van der Waals surface area (Å²) in [6, 6.07) is 23.8. The lowest BCUT2D eigenvalue weighted by Crippen LogP contribution is -2.38. The molecule has 1 saturated heterocycles. The second kappa shape index (κ2) is 11.0. The maximum absolute atomic E-state index is 14.3. The van der Waals surface area contributed by atoms with E-state index in [0.717, 1.165) is 42.4 Å². The average molecular weight is 482 g/mol. The molecule has 0 radical (unpaired) electrons. The Morgan fingerprint density at radius 3 is 2.25 bits per heavy atom. The molecule has 1 unspecified atom stereocenters. The van der Waals surface area contributed by atoms with Crippen molar-refractivity contribution in [3.05, 3.63) is 100 Å². The van der Waals surface area contributed by atoms with Gasteiger partial charge in [0, 0.05) is 38.4 Å². The standard InChI is InChI=1S/C29H28FN5O/c1-3-34(2)25-11-9-23(10-12-25)28(22-7-4-20(17-31)5-8-22)35-15-14-24(19-35)33-29(36)26-13-6-21(18-32)16-27(26)30/h4-13,16,24,28H,3,14-15,19H2,1-2H3,(H,33,36)/t24?,28-/m1/s1. The van der Waals surface area contributed by atoms with E-state index in [9.17, 15) is 14.4 Å². The van der Waals surface area contributed by atoms with Gasteiger partial charge in [0.05, 0.1) is 34.9 Å². The van der Waals surface area contributed by atoms with Gasteiger partial charge in [-0.1, -0.05) is 24.3 Å². The first kappa shape index (κ1) is 24.9. The molecule has 2 atom stereocenters. The Hall–Kier alpha value is -4.20. The second-order valence-corrected chi connectivity index (χ2v) is 9.00. The number of rotatable bonds is 7. The molecule has 36 heavy (non-hydrogen) atoms. The van der Waals surface area contributed by atoms with E-state index in [-0.39, 0.29) is 23.2 Å². The molecule has 1 N–H and O–H groups in total. The molecular formula is C29H28FN5O. The zero-order valence-corrected chi connectivity index (χ0v) is 20.4. The van der Waals surface area contributed by atoms with Crippen LogP contribution in [0, 0.1) is 28.5 Å².